The first-order valence-electron chi connectivity index (χ1n) is 5.90. The van der Waals surface area contributed by atoms with Crippen LogP contribution in [0.2, 0.25) is 4.34 Å². The second kappa shape index (κ2) is 5.29. The molecule has 0 radical (unpaired) electrons. The van der Waals surface area contributed by atoms with Gasteiger partial charge in [0.15, 0.2) is 5.82 Å². The predicted molar refractivity (Wildman–Crippen MR) is 68.5 cm³/mol. The average molecular weight is 285 g/mol. The van der Waals surface area contributed by atoms with Gasteiger partial charge in [-0.25, -0.2) is 9.67 Å². The first-order chi connectivity index (χ1) is 8.81. The summed E-state index contributed by atoms with van der Waals surface area (Å²) in [5.41, 5.74) is 0. The minimum absolute atomic E-state index is 0.469. The summed E-state index contributed by atoms with van der Waals surface area (Å²) in [7, 11) is 0. The van der Waals surface area contributed by atoms with Crippen LogP contribution in [0, 0.1) is 0 Å². The van der Waals surface area contributed by atoms with Crippen LogP contribution in [-0.2, 0) is 19.5 Å². The molecular weight excluding hydrogens is 272 g/mol. The fourth-order valence-corrected chi connectivity index (χ4v) is 3.01. The summed E-state index contributed by atoms with van der Waals surface area (Å²) in [6, 6.07) is 0.469. The Morgan fingerprint density at radius 1 is 1.50 bits per heavy atom. The molecule has 96 valence electrons. The highest BCUT2D eigenvalue weighted by Crippen LogP contribution is 2.19. The van der Waals surface area contributed by atoms with Crippen LogP contribution in [0.4, 0.5) is 0 Å². The highest BCUT2D eigenvalue weighted by Gasteiger charge is 2.17. The molecule has 2 aromatic heterocycles. The van der Waals surface area contributed by atoms with Gasteiger partial charge in [0.25, 0.3) is 0 Å². The fourth-order valence-electron chi connectivity index (χ4n) is 2.11. The highest BCUT2D eigenvalue weighted by atomic mass is 35.5. The number of nitrogens with zero attached hydrogens (tertiary/aromatic N) is 5. The molecule has 0 saturated carbocycles. The molecule has 1 N–H and O–H groups in total. The van der Waals surface area contributed by atoms with Gasteiger partial charge in [0.1, 0.15) is 9.34 Å². The molecule has 1 aliphatic heterocycles. The van der Waals surface area contributed by atoms with Crippen molar-refractivity contribution in [2.75, 3.05) is 0 Å². The van der Waals surface area contributed by atoms with Gasteiger partial charge in [-0.1, -0.05) is 11.6 Å². The van der Waals surface area contributed by atoms with Crippen molar-refractivity contribution in [1.82, 2.24) is 30.5 Å². The first-order valence-corrected chi connectivity index (χ1v) is 7.09. The second-order valence-electron chi connectivity index (χ2n) is 4.28. The lowest BCUT2D eigenvalue weighted by Gasteiger charge is -2.14. The molecule has 6 nitrogen and oxygen atoms in total. The molecule has 0 aromatic carbocycles. The largest absolute Gasteiger partial charge is 0.308 e. The first kappa shape index (κ1) is 12.0. The van der Waals surface area contributed by atoms with Crippen LogP contribution in [0.25, 0.3) is 0 Å². The molecule has 0 bridgehead atoms. The second-order valence-corrected chi connectivity index (χ2v) is 6.03. The third kappa shape index (κ3) is 2.68. The summed E-state index contributed by atoms with van der Waals surface area (Å²) in [6.45, 7) is 1.65. The Morgan fingerprint density at radius 2 is 2.44 bits per heavy atom. The zero-order valence-corrected chi connectivity index (χ0v) is 11.3. The molecule has 0 spiro atoms. The highest BCUT2D eigenvalue weighted by molar-refractivity contribution is 7.15. The number of rotatable bonds is 3. The van der Waals surface area contributed by atoms with Gasteiger partial charge in [0, 0.05) is 25.6 Å². The van der Waals surface area contributed by atoms with Crippen molar-refractivity contribution in [2.45, 2.75) is 38.4 Å². The van der Waals surface area contributed by atoms with Gasteiger partial charge in [-0.2, -0.15) is 0 Å². The molecule has 3 heterocycles. The van der Waals surface area contributed by atoms with E-state index in [1.807, 2.05) is 4.68 Å². The van der Waals surface area contributed by atoms with Gasteiger partial charge in [0.05, 0.1) is 6.20 Å². The van der Waals surface area contributed by atoms with E-state index >= 15 is 0 Å². The summed E-state index contributed by atoms with van der Waals surface area (Å²) in [6.07, 6.45) is 4.71. The molecule has 0 aliphatic carbocycles. The maximum Gasteiger partial charge on any atom is 0.151 e. The van der Waals surface area contributed by atoms with Crippen LogP contribution in [0.5, 0.6) is 0 Å². The number of aromatic nitrogens is 5. The minimum atomic E-state index is 0.469. The molecule has 1 unspecified atom stereocenters. The van der Waals surface area contributed by atoms with Crippen LogP contribution in [0.1, 0.15) is 23.7 Å². The molecule has 18 heavy (non-hydrogen) atoms. The smallest absolute Gasteiger partial charge is 0.151 e. The molecule has 1 aliphatic rings. The quantitative estimate of drug-likeness (QED) is 0.919. The van der Waals surface area contributed by atoms with E-state index in [4.69, 9.17) is 11.6 Å². The third-order valence-corrected chi connectivity index (χ3v) is 4.19. The van der Waals surface area contributed by atoms with E-state index < -0.39 is 0 Å². The van der Waals surface area contributed by atoms with E-state index in [0.717, 1.165) is 47.5 Å². The lowest BCUT2D eigenvalue weighted by Crippen LogP contribution is -2.29. The number of thiazole rings is 1. The van der Waals surface area contributed by atoms with Crippen molar-refractivity contribution in [3.05, 3.63) is 21.4 Å². The van der Waals surface area contributed by atoms with E-state index in [1.165, 1.54) is 11.3 Å². The SMILES string of the molecule is Clc1cnc(CNC2CCc3nnnn3CC2)s1. The van der Waals surface area contributed by atoms with Crippen LogP contribution >= 0.6 is 22.9 Å². The van der Waals surface area contributed by atoms with Crippen molar-refractivity contribution in [3.8, 4) is 0 Å². The Labute approximate surface area is 113 Å². The summed E-state index contributed by atoms with van der Waals surface area (Å²) in [4.78, 5) is 4.24. The standard InChI is InChI=1S/C10H13ClN6S/c11-8-5-13-10(18-8)6-12-7-1-2-9-14-15-16-17(9)4-3-7/h5,7,12H,1-4,6H2. The van der Waals surface area contributed by atoms with E-state index in [-0.39, 0.29) is 0 Å². The Balaban J connectivity index is 1.54. The van der Waals surface area contributed by atoms with Gasteiger partial charge in [-0.3, -0.25) is 0 Å². The van der Waals surface area contributed by atoms with E-state index in [2.05, 4.69) is 25.8 Å². The maximum atomic E-state index is 5.86. The number of aryl methyl sites for hydroxylation is 2. The normalized spacial score (nSPS) is 19.5. The Kier molecular flexibility index (Phi) is 3.53. The fraction of sp³-hybridized carbons (Fsp3) is 0.600. The van der Waals surface area contributed by atoms with Gasteiger partial charge < -0.3 is 5.32 Å². The monoisotopic (exact) mass is 284 g/mol. The summed E-state index contributed by atoms with van der Waals surface area (Å²) >= 11 is 7.38. The van der Waals surface area contributed by atoms with E-state index in [1.54, 1.807) is 6.20 Å². The molecule has 3 rings (SSSR count). The molecule has 2 aromatic rings. The number of fused-ring (bicyclic) bond motifs is 1. The van der Waals surface area contributed by atoms with E-state index in [9.17, 15) is 0 Å². The number of nitrogens with one attached hydrogen (secondary N) is 1. The molecular formula is C10H13ClN6S. The van der Waals surface area contributed by atoms with Gasteiger partial charge in [-0.15, -0.1) is 16.4 Å². The molecule has 0 amide bonds. The van der Waals surface area contributed by atoms with Crippen molar-refractivity contribution in [1.29, 1.82) is 0 Å². The molecule has 8 heteroatoms. The average Bonchev–Trinajstić information content (AvgIpc) is 2.94. The lowest BCUT2D eigenvalue weighted by atomic mass is 10.1. The molecule has 1 atom stereocenters. The Morgan fingerprint density at radius 3 is 3.28 bits per heavy atom. The number of hydrogen-bond acceptors (Lipinski definition) is 6. The predicted octanol–water partition coefficient (Wildman–Crippen LogP) is 1.28. The maximum absolute atomic E-state index is 5.86. The van der Waals surface area contributed by atoms with Crippen LogP contribution in [-0.4, -0.2) is 31.2 Å². The number of halogens is 1. The minimum Gasteiger partial charge on any atom is -0.308 e. The lowest BCUT2D eigenvalue weighted by molar-refractivity contribution is 0.435. The Bertz CT molecular complexity index is 501. The van der Waals surface area contributed by atoms with Crippen molar-refractivity contribution < 1.29 is 0 Å². The van der Waals surface area contributed by atoms with Crippen molar-refractivity contribution >= 4 is 22.9 Å². The number of hydrogen-bond donors (Lipinski definition) is 1. The van der Waals surface area contributed by atoms with Crippen LogP contribution in [0.3, 0.4) is 0 Å². The van der Waals surface area contributed by atoms with E-state index in [0.29, 0.717) is 6.04 Å². The summed E-state index contributed by atoms with van der Waals surface area (Å²) < 4.78 is 2.63. The Hall–Kier alpha value is -1.05. The summed E-state index contributed by atoms with van der Waals surface area (Å²) in [5, 5.41) is 16.2. The number of tetrazole rings is 1. The van der Waals surface area contributed by atoms with Gasteiger partial charge >= 0.3 is 0 Å². The topological polar surface area (TPSA) is 68.5 Å². The van der Waals surface area contributed by atoms with Crippen LogP contribution < -0.4 is 5.32 Å². The third-order valence-electron chi connectivity index (χ3n) is 3.08. The van der Waals surface area contributed by atoms with Gasteiger partial charge in [-0.05, 0) is 23.3 Å². The van der Waals surface area contributed by atoms with Gasteiger partial charge in [0.2, 0.25) is 0 Å². The zero-order valence-electron chi connectivity index (χ0n) is 9.71. The zero-order chi connectivity index (χ0) is 12.4. The van der Waals surface area contributed by atoms with Crippen molar-refractivity contribution in [3.63, 3.8) is 0 Å². The van der Waals surface area contributed by atoms with Crippen molar-refractivity contribution in [2.24, 2.45) is 0 Å². The molecule has 0 saturated heterocycles. The van der Waals surface area contributed by atoms with Crippen LogP contribution in [0.15, 0.2) is 6.20 Å². The molecule has 0 fully saturated rings. The summed E-state index contributed by atoms with van der Waals surface area (Å²) in [5.74, 6) is 0.983.